The molecule has 0 saturated carbocycles. The molecule has 0 saturated heterocycles. The Bertz CT molecular complexity index is 962. The van der Waals surface area contributed by atoms with Crippen molar-refractivity contribution in [1.29, 1.82) is 0 Å². The molecule has 2 amide bonds. The van der Waals surface area contributed by atoms with Crippen LogP contribution in [0.2, 0.25) is 10.0 Å². The van der Waals surface area contributed by atoms with Crippen LogP contribution in [-0.4, -0.2) is 45.8 Å². The molecule has 1 aliphatic rings. The lowest BCUT2D eigenvalue weighted by atomic mass is 10.2. The van der Waals surface area contributed by atoms with Gasteiger partial charge < -0.3 is 21.2 Å². The van der Waals surface area contributed by atoms with Gasteiger partial charge in [-0.25, -0.2) is 14.3 Å². The van der Waals surface area contributed by atoms with Crippen molar-refractivity contribution in [3.63, 3.8) is 0 Å². The number of hydrogen-bond donors (Lipinski definition) is 3. The van der Waals surface area contributed by atoms with Gasteiger partial charge in [0.15, 0.2) is 5.82 Å². The fraction of sp³-hybridized carbons (Fsp3) is 0.250. The van der Waals surface area contributed by atoms with E-state index in [4.69, 9.17) is 33.8 Å². The van der Waals surface area contributed by atoms with Gasteiger partial charge >= 0.3 is 12.0 Å². The molecule has 2 heterocycles. The van der Waals surface area contributed by atoms with Crippen LogP contribution in [0.25, 0.3) is 11.4 Å². The fourth-order valence-corrected chi connectivity index (χ4v) is 3.77. The molecule has 3 rings (SSSR count). The first-order valence-electron chi connectivity index (χ1n) is 8.13. The van der Waals surface area contributed by atoms with Crippen LogP contribution in [0.1, 0.15) is 6.92 Å². The van der Waals surface area contributed by atoms with Crippen LogP contribution in [0.5, 0.6) is 0 Å². The topological polar surface area (TPSA) is 124 Å². The predicted octanol–water partition coefficient (Wildman–Crippen LogP) is 2.19. The molecule has 0 aliphatic carbocycles. The van der Waals surface area contributed by atoms with Crippen molar-refractivity contribution in [3.05, 3.63) is 39.5 Å². The summed E-state index contributed by atoms with van der Waals surface area (Å²) >= 11 is 13.3. The largest absolute Gasteiger partial charge is 0.463 e. The summed E-state index contributed by atoms with van der Waals surface area (Å²) in [7, 11) is 0. The Balaban J connectivity index is 1.81. The predicted molar refractivity (Wildman–Crippen MR) is 107 cm³/mol. The average molecular weight is 443 g/mol. The number of nitrogen functional groups attached to an aromatic ring is 1. The number of amides is 2. The number of aromatic nitrogens is 3. The number of rotatable bonds is 6. The molecule has 12 heteroatoms. The van der Waals surface area contributed by atoms with Crippen molar-refractivity contribution in [1.82, 2.24) is 25.5 Å². The molecule has 0 radical (unpaired) electrons. The SMILES string of the molecule is CCOC(=O)C1=C(CSc2nnc(-c3ccc(Cl)cc3Cl)n2N)NC(=O)NC1. The Hall–Kier alpha value is -2.43. The maximum absolute atomic E-state index is 12.1. The molecular formula is C16H16Cl2N6O3S. The fourth-order valence-electron chi connectivity index (χ4n) is 2.44. The first-order chi connectivity index (χ1) is 13.4. The van der Waals surface area contributed by atoms with E-state index >= 15 is 0 Å². The first-order valence-corrected chi connectivity index (χ1v) is 9.87. The monoisotopic (exact) mass is 442 g/mol. The van der Waals surface area contributed by atoms with Crippen LogP contribution < -0.4 is 16.5 Å². The smallest absolute Gasteiger partial charge is 0.337 e. The summed E-state index contributed by atoms with van der Waals surface area (Å²) in [5.74, 6) is 6.21. The maximum atomic E-state index is 12.1. The van der Waals surface area contributed by atoms with Crippen LogP contribution in [-0.2, 0) is 9.53 Å². The van der Waals surface area contributed by atoms with E-state index in [1.807, 2.05) is 0 Å². The number of ether oxygens (including phenoxy) is 1. The number of carbonyl (C=O) groups is 2. The normalized spacial score (nSPS) is 13.9. The Kier molecular flexibility index (Phi) is 6.32. The molecule has 0 unspecified atom stereocenters. The molecular weight excluding hydrogens is 427 g/mol. The van der Waals surface area contributed by atoms with Crippen LogP contribution in [0.15, 0.2) is 34.6 Å². The zero-order valence-corrected chi connectivity index (χ0v) is 17.0. The van der Waals surface area contributed by atoms with E-state index in [9.17, 15) is 9.59 Å². The first kappa shape index (κ1) is 20.3. The van der Waals surface area contributed by atoms with Gasteiger partial charge in [-0.2, -0.15) is 0 Å². The van der Waals surface area contributed by atoms with E-state index in [0.717, 1.165) is 0 Å². The number of thioether (sulfide) groups is 1. The molecule has 148 valence electrons. The average Bonchev–Trinajstić information content (AvgIpc) is 3.01. The molecule has 0 bridgehead atoms. The standard InChI is InChI=1S/C16H16Cl2N6O3S/c1-2-27-14(25)10-6-20-15(26)21-12(10)7-28-16-23-22-13(24(16)19)9-4-3-8(17)5-11(9)18/h3-5H,2,6-7,19H2,1H3,(H2,20,21,26). The number of esters is 1. The van der Waals surface area contributed by atoms with E-state index in [1.165, 1.54) is 16.4 Å². The van der Waals surface area contributed by atoms with Gasteiger partial charge in [0.25, 0.3) is 0 Å². The molecule has 0 spiro atoms. The molecule has 2 aromatic rings. The molecule has 1 aromatic heterocycles. The molecule has 0 fully saturated rings. The third kappa shape index (κ3) is 4.34. The van der Waals surface area contributed by atoms with Crippen LogP contribution in [0.3, 0.4) is 0 Å². The van der Waals surface area contributed by atoms with Crippen LogP contribution in [0.4, 0.5) is 4.79 Å². The molecule has 0 atom stereocenters. The number of halogens is 2. The molecule has 1 aromatic carbocycles. The number of nitrogens with zero attached hydrogens (tertiary/aromatic N) is 3. The second-order valence-electron chi connectivity index (χ2n) is 5.57. The lowest BCUT2D eigenvalue weighted by molar-refractivity contribution is -0.138. The second kappa shape index (κ2) is 8.72. The number of nitrogens with two attached hydrogens (primary N) is 1. The Morgan fingerprint density at radius 3 is 2.89 bits per heavy atom. The summed E-state index contributed by atoms with van der Waals surface area (Å²) in [4.78, 5) is 23.7. The lowest BCUT2D eigenvalue weighted by Crippen LogP contribution is -2.44. The summed E-state index contributed by atoms with van der Waals surface area (Å²) in [6.07, 6.45) is 0. The van der Waals surface area contributed by atoms with Crippen molar-refractivity contribution in [2.24, 2.45) is 0 Å². The number of carbonyl (C=O) groups excluding carboxylic acids is 2. The number of nitrogens with one attached hydrogen (secondary N) is 2. The summed E-state index contributed by atoms with van der Waals surface area (Å²) in [5, 5.41) is 14.6. The van der Waals surface area contributed by atoms with E-state index in [2.05, 4.69) is 20.8 Å². The van der Waals surface area contributed by atoms with Crippen molar-refractivity contribution in [3.8, 4) is 11.4 Å². The van der Waals surface area contributed by atoms with Gasteiger partial charge in [-0.15, -0.1) is 10.2 Å². The number of hydrogen-bond acceptors (Lipinski definition) is 7. The second-order valence-corrected chi connectivity index (χ2v) is 7.36. The zero-order valence-electron chi connectivity index (χ0n) is 14.7. The van der Waals surface area contributed by atoms with Gasteiger partial charge in [0.05, 0.1) is 23.7 Å². The van der Waals surface area contributed by atoms with Crippen LogP contribution in [0, 0.1) is 0 Å². The molecule has 4 N–H and O–H groups in total. The van der Waals surface area contributed by atoms with Crippen LogP contribution >= 0.6 is 35.0 Å². The maximum Gasteiger partial charge on any atom is 0.337 e. The quantitative estimate of drug-likeness (QED) is 0.355. The van der Waals surface area contributed by atoms with E-state index < -0.39 is 12.0 Å². The lowest BCUT2D eigenvalue weighted by Gasteiger charge is -2.20. The Labute approximate surface area is 174 Å². The highest BCUT2D eigenvalue weighted by Gasteiger charge is 2.24. The highest BCUT2D eigenvalue weighted by atomic mass is 35.5. The highest BCUT2D eigenvalue weighted by Crippen LogP contribution is 2.30. The zero-order chi connectivity index (χ0) is 20.3. The Morgan fingerprint density at radius 1 is 1.39 bits per heavy atom. The van der Waals surface area contributed by atoms with Gasteiger partial charge in [-0.1, -0.05) is 35.0 Å². The minimum Gasteiger partial charge on any atom is -0.463 e. The van der Waals surface area contributed by atoms with Crippen molar-refractivity contribution in [2.45, 2.75) is 12.1 Å². The molecule has 1 aliphatic heterocycles. The third-order valence-corrected chi connectivity index (χ3v) is 5.28. The van der Waals surface area contributed by atoms with Gasteiger partial charge in [0.2, 0.25) is 5.16 Å². The van der Waals surface area contributed by atoms with Crippen molar-refractivity contribution in [2.75, 3.05) is 24.7 Å². The minimum atomic E-state index is -0.492. The number of urea groups is 1. The summed E-state index contributed by atoms with van der Waals surface area (Å²) in [5.41, 5.74) is 1.36. The summed E-state index contributed by atoms with van der Waals surface area (Å²) < 4.78 is 6.31. The van der Waals surface area contributed by atoms with Gasteiger partial charge in [0.1, 0.15) is 0 Å². The third-order valence-electron chi connectivity index (χ3n) is 3.76. The van der Waals surface area contributed by atoms with E-state index in [-0.39, 0.29) is 18.9 Å². The number of benzene rings is 1. The highest BCUT2D eigenvalue weighted by molar-refractivity contribution is 7.99. The van der Waals surface area contributed by atoms with Gasteiger partial charge in [0, 0.05) is 22.0 Å². The minimum absolute atomic E-state index is 0.0848. The summed E-state index contributed by atoms with van der Waals surface area (Å²) in [6.45, 7) is 2.03. The van der Waals surface area contributed by atoms with Gasteiger partial charge in [-0.05, 0) is 25.1 Å². The molecule has 9 nitrogen and oxygen atoms in total. The Morgan fingerprint density at radius 2 is 2.18 bits per heavy atom. The van der Waals surface area contributed by atoms with Crippen molar-refractivity contribution >= 4 is 47.0 Å². The van der Waals surface area contributed by atoms with Crippen molar-refractivity contribution < 1.29 is 14.3 Å². The molecule has 28 heavy (non-hydrogen) atoms. The summed E-state index contributed by atoms with van der Waals surface area (Å²) in [6, 6.07) is 4.55. The van der Waals surface area contributed by atoms with E-state index in [1.54, 1.807) is 25.1 Å². The van der Waals surface area contributed by atoms with Gasteiger partial charge in [-0.3, -0.25) is 0 Å². The van der Waals surface area contributed by atoms with E-state index in [0.29, 0.717) is 37.9 Å².